The molecule has 0 aliphatic heterocycles. The fraction of sp³-hybridized carbons (Fsp3) is 0.857. The summed E-state index contributed by atoms with van der Waals surface area (Å²) >= 11 is 0. The van der Waals surface area contributed by atoms with Crippen molar-refractivity contribution in [3.05, 3.63) is 11.8 Å². The number of nitrogens with zero attached hydrogens (tertiary/aromatic N) is 1. The van der Waals surface area contributed by atoms with Crippen LogP contribution in [-0.2, 0) is 0 Å². The molecule has 1 nitrogen and oxygen atoms in total. The van der Waals surface area contributed by atoms with Crippen LogP contribution >= 0.6 is 18.5 Å². The van der Waals surface area contributed by atoms with Gasteiger partial charge in [0.1, 0.15) is 0 Å². The molecule has 0 saturated heterocycles. The zero-order valence-electron chi connectivity index (χ0n) is 18.3. The maximum Gasteiger partial charge on any atom is 0.0306 e. The van der Waals surface area contributed by atoms with Crippen LogP contribution in [-0.4, -0.2) is 17.0 Å². The lowest BCUT2D eigenvalue weighted by molar-refractivity contribution is 0.369. The standard InChI is InChI=1S/C21H43NP2/c1-18(2,3)14(16(23)20(7,8)9)13-22-15(19(4,5)6)17(24)21(10,11)12/h13,16-17H,23-24H2,1-12H3/b14-13-,22-15?. The van der Waals surface area contributed by atoms with Crippen LogP contribution in [0.4, 0.5) is 0 Å². The molecule has 0 amide bonds. The van der Waals surface area contributed by atoms with E-state index in [1.165, 1.54) is 11.3 Å². The molecule has 0 aliphatic carbocycles. The topological polar surface area (TPSA) is 12.4 Å². The number of aliphatic imine (C=N–C) groups is 1. The van der Waals surface area contributed by atoms with Gasteiger partial charge < -0.3 is 0 Å². The maximum atomic E-state index is 5.08. The first kappa shape index (κ1) is 24.3. The van der Waals surface area contributed by atoms with Gasteiger partial charge in [0.15, 0.2) is 0 Å². The Hall–Kier alpha value is 0.270. The van der Waals surface area contributed by atoms with Crippen LogP contribution in [0.15, 0.2) is 16.8 Å². The van der Waals surface area contributed by atoms with Gasteiger partial charge in [-0.2, -0.15) is 0 Å². The number of hydrogen-bond acceptors (Lipinski definition) is 1. The number of rotatable bonds is 3. The number of hydrogen-bond donors (Lipinski definition) is 0. The van der Waals surface area contributed by atoms with Crippen molar-refractivity contribution in [1.29, 1.82) is 0 Å². The van der Waals surface area contributed by atoms with Crippen LogP contribution in [0.2, 0.25) is 0 Å². The Labute approximate surface area is 157 Å². The van der Waals surface area contributed by atoms with Gasteiger partial charge in [-0.3, -0.25) is 4.99 Å². The fourth-order valence-electron chi connectivity index (χ4n) is 2.50. The van der Waals surface area contributed by atoms with E-state index in [0.29, 0.717) is 11.3 Å². The quantitative estimate of drug-likeness (QED) is 0.375. The minimum absolute atomic E-state index is 0.0529. The van der Waals surface area contributed by atoms with Crippen molar-refractivity contribution in [2.45, 2.75) is 94.4 Å². The van der Waals surface area contributed by atoms with Crippen LogP contribution in [0.1, 0.15) is 83.1 Å². The fourth-order valence-corrected chi connectivity index (χ4v) is 3.67. The molecule has 0 aliphatic rings. The maximum absolute atomic E-state index is 5.08. The first-order valence-corrected chi connectivity index (χ1v) is 10.4. The van der Waals surface area contributed by atoms with E-state index in [1.54, 1.807) is 0 Å². The van der Waals surface area contributed by atoms with E-state index >= 15 is 0 Å². The average Bonchev–Trinajstić information content (AvgIpc) is 2.27. The molecule has 0 saturated carbocycles. The molecule has 0 fully saturated rings. The Balaban J connectivity index is 6.20. The molecule has 0 rings (SSSR count). The average molecular weight is 372 g/mol. The van der Waals surface area contributed by atoms with Crippen molar-refractivity contribution in [3.8, 4) is 0 Å². The monoisotopic (exact) mass is 371 g/mol. The van der Waals surface area contributed by atoms with E-state index < -0.39 is 0 Å². The van der Waals surface area contributed by atoms with E-state index in [2.05, 4.69) is 108 Å². The third-order valence-electron chi connectivity index (χ3n) is 4.47. The van der Waals surface area contributed by atoms with Crippen LogP contribution in [0.5, 0.6) is 0 Å². The van der Waals surface area contributed by atoms with Crippen molar-refractivity contribution in [3.63, 3.8) is 0 Å². The van der Waals surface area contributed by atoms with Gasteiger partial charge in [-0.25, -0.2) is 0 Å². The van der Waals surface area contributed by atoms with Crippen molar-refractivity contribution in [2.75, 3.05) is 0 Å². The zero-order chi connectivity index (χ0) is 19.7. The summed E-state index contributed by atoms with van der Waals surface area (Å²) in [5.74, 6) is 0. The first-order chi connectivity index (χ1) is 10.3. The molecule has 0 radical (unpaired) electrons. The van der Waals surface area contributed by atoms with E-state index in [-0.39, 0.29) is 21.7 Å². The molecule has 0 N–H and O–H groups in total. The molecule has 4 atom stereocenters. The Morgan fingerprint density at radius 2 is 1.04 bits per heavy atom. The third-order valence-corrected chi connectivity index (χ3v) is 7.15. The van der Waals surface area contributed by atoms with E-state index in [0.717, 1.165) is 0 Å². The molecular formula is C21H43NP2. The van der Waals surface area contributed by atoms with Gasteiger partial charge in [-0.15, -0.1) is 18.5 Å². The highest BCUT2D eigenvalue weighted by Gasteiger charge is 2.33. The molecule has 142 valence electrons. The Kier molecular flexibility index (Phi) is 7.97. The molecule has 0 aromatic carbocycles. The highest BCUT2D eigenvalue weighted by molar-refractivity contribution is 7.19. The van der Waals surface area contributed by atoms with Crippen LogP contribution in [0.25, 0.3) is 0 Å². The predicted molar refractivity (Wildman–Crippen MR) is 120 cm³/mol. The molecule has 0 aromatic rings. The normalized spacial score (nSPS) is 18.6. The molecule has 0 spiro atoms. The van der Waals surface area contributed by atoms with Gasteiger partial charge in [0, 0.05) is 28.6 Å². The molecular weight excluding hydrogens is 328 g/mol. The van der Waals surface area contributed by atoms with Gasteiger partial charge in [-0.05, 0) is 21.8 Å². The van der Waals surface area contributed by atoms with Crippen molar-refractivity contribution >= 4 is 24.2 Å². The van der Waals surface area contributed by atoms with Crippen molar-refractivity contribution < 1.29 is 0 Å². The van der Waals surface area contributed by atoms with Crippen molar-refractivity contribution in [2.24, 2.45) is 26.7 Å². The number of allylic oxidation sites excluding steroid dienone is 1. The van der Waals surface area contributed by atoms with Crippen LogP contribution < -0.4 is 0 Å². The molecule has 3 heteroatoms. The predicted octanol–water partition coefficient (Wildman–Crippen LogP) is 6.98. The molecule has 0 aromatic heterocycles. The lowest BCUT2D eigenvalue weighted by Gasteiger charge is -2.37. The molecule has 0 bridgehead atoms. The second-order valence-corrected chi connectivity index (χ2v) is 12.6. The second kappa shape index (κ2) is 7.88. The smallest absolute Gasteiger partial charge is 0.0306 e. The molecule has 24 heavy (non-hydrogen) atoms. The summed E-state index contributed by atoms with van der Waals surface area (Å²) in [6, 6.07) is 0. The van der Waals surface area contributed by atoms with Gasteiger partial charge in [0.05, 0.1) is 0 Å². The minimum atomic E-state index is 0.0529. The highest BCUT2D eigenvalue weighted by Crippen LogP contribution is 2.41. The SMILES string of the molecule is CC(C)(C)C(=N/C=C(/C(P)C(C)(C)C)C(C)(C)C)C(P)C(C)(C)C. The van der Waals surface area contributed by atoms with Gasteiger partial charge in [-0.1, -0.05) is 83.1 Å². The highest BCUT2D eigenvalue weighted by atomic mass is 31.0. The summed E-state index contributed by atoms with van der Waals surface area (Å²) in [6.07, 6.45) is 2.16. The Bertz CT molecular complexity index is 428. The lowest BCUT2D eigenvalue weighted by Crippen LogP contribution is -2.37. The van der Waals surface area contributed by atoms with Crippen LogP contribution in [0, 0.1) is 21.7 Å². The second-order valence-electron chi connectivity index (χ2n) is 11.3. The van der Waals surface area contributed by atoms with Gasteiger partial charge >= 0.3 is 0 Å². The summed E-state index contributed by atoms with van der Waals surface area (Å²) in [6.45, 7) is 27.4. The van der Waals surface area contributed by atoms with Crippen LogP contribution in [0.3, 0.4) is 0 Å². The summed E-state index contributed by atoms with van der Waals surface area (Å²) in [5, 5.41) is 0. The summed E-state index contributed by atoms with van der Waals surface area (Å²) in [4.78, 5) is 5.08. The van der Waals surface area contributed by atoms with E-state index in [1.807, 2.05) is 0 Å². The summed E-state index contributed by atoms with van der Waals surface area (Å²) < 4.78 is 0. The molecule has 0 heterocycles. The van der Waals surface area contributed by atoms with Gasteiger partial charge in [0.25, 0.3) is 0 Å². The van der Waals surface area contributed by atoms with E-state index in [4.69, 9.17) is 4.99 Å². The third kappa shape index (κ3) is 7.25. The lowest BCUT2D eigenvalue weighted by atomic mass is 9.76. The Morgan fingerprint density at radius 1 is 0.667 bits per heavy atom. The largest absolute Gasteiger partial charge is 0.264 e. The van der Waals surface area contributed by atoms with Crippen molar-refractivity contribution in [1.82, 2.24) is 0 Å². The van der Waals surface area contributed by atoms with E-state index in [9.17, 15) is 0 Å². The zero-order valence-corrected chi connectivity index (χ0v) is 20.6. The minimum Gasteiger partial charge on any atom is -0.264 e. The Morgan fingerprint density at radius 3 is 1.29 bits per heavy atom. The van der Waals surface area contributed by atoms with Gasteiger partial charge in [0.2, 0.25) is 0 Å². The first-order valence-electron chi connectivity index (χ1n) is 9.09. The summed E-state index contributed by atoms with van der Waals surface area (Å²) in [5.41, 5.74) is 3.94. The molecule has 4 unspecified atom stereocenters. The summed E-state index contributed by atoms with van der Waals surface area (Å²) in [7, 11) is 6.07.